The van der Waals surface area contributed by atoms with E-state index in [9.17, 15) is 28.8 Å². The Hall–Kier alpha value is -4.74. The van der Waals surface area contributed by atoms with Gasteiger partial charge in [0.1, 0.15) is 12.1 Å². The Morgan fingerprint density at radius 1 is 0.579 bits per heavy atom. The molecule has 0 radical (unpaired) electrons. The van der Waals surface area contributed by atoms with Gasteiger partial charge in [-0.05, 0) is 35.4 Å². The van der Waals surface area contributed by atoms with Gasteiger partial charge in [0.25, 0.3) is 0 Å². The fourth-order valence-corrected chi connectivity index (χ4v) is 3.74. The van der Waals surface area contributed by atoms with E-state index in [4.69, 9.17) is 18.9 Å². The minimum Gasteiger partial charge on any atom is -0.423 e. The predicted molar refractivity (Wildman–Crippen MR) is 129 cm³/mol. The average Bonchev–Trinajstić information content (AvgIpc) is 2.79. The maximum atomic E-state index is 12.8. The molecule has 0 bridgehead atoms. The highest BCUT2D eigenvalue weighted by atomic mass is 16.6. The summed E-state index contributed by atoms with van der Waals surface area (Å²) in [5, 5.41) is 5.36. The van der Waals surface area contributed by atoms with Crippen LogP contribution in [0.4, 0.5) is 0 Å². The number of carbonyl (C=O) groups excluding carboxylic acids is 6. The second-order valence-electron chi connectivity index (χ2n) is 8.47. The first-order valence-electron chi connectivity index (χ1n) is 11.5. The maximum absolute atomic E-state index is 12.8. The van der Waals surface area contributed by atoms with Crippen molar-refractivity contribution in [1.82, 2.24) is 10.6 Å². The highest BCUT2D eigenvalue weighted by molar-refractivity contribution is 5.97. The number of esters is 4. The first kappa shape index (κ1) is 27.8. The smallest absolute Gasteiger partial charge is 0.308 e. The lowest BCUT2D eigenvalue weighted by molar-refractivity contribution is -0.136. The van der Waals surface area contributed by atoms with Crippen LogP contribution in [0.25, 0.3) is 0 Å². The van der Waals surface area contributed by atoms with Crippen molar-refractivity contribution in [2.75, 3.05) is 0 Å². The zero-order chi connectivity index (χ0) is 28.0. The van der Waals surface area contributed by atoms with Gasteiger partial charge in [0, 0.05) is 40.5 Å². The van der Waals surface area contributed by atoms with Crippen LogP contribution >= 0.6 is 0 Å². The molecule has 2 amide bonds. The Labute approximate surface area is 217 Å². The van der Waals surface area contributed by atoms with Gasteiger partial charge in [-0.3, -0.25) is 28.8 Å². The largest absolute Gasteiger partial charge is 0.423 e. The van der Waals surface area contributed by atoms with Gasteiger partial charge in [0.2, 0.25) is 11.8 Å². The quantitative estimate of drug-likeness (QED) is 0.377. The number of ether oxygens (including phenoxy) is 4. The molecule has 1 saturated heterocycles. The van der Waals surface area contributed by atoms with E-state index in [1.165, 1.54) is 52.0 Å². The zero-order valence-corrected chi connectivity index (χ0v) is 21.1. The van der Waals surface area contributed by atoms with Crippen LogP contribution in [-0.4, -0.2) is 47.8 Å². The topological polar surface area (TPSA) is 163 Å². The lowest BCUT2D eigenvalue weighted by Gasteiger charge is -2.30. The fraction of sp³-hybridized carbons (Fsp3) is 0.308. The van der Waals surface area contributed by atoms with E-state index in [0.29, 0.717) is 11.1 Å². The minimum absolute atomic E-state index is 0.00593. The predicted octanol–water partition coefficient (Wildman–Crippen LogP) is 1.16. The normalized spacial score (nSPS) is 16.5. The second kappa shape index (κ2) is 12.0. The summed E-state index contributed by atoms with van der Waals surface area (Å²) in [6.07, 6.45) is 0.152. The molecule has 1 aliphatic heterocycles. The van der Waals surface area contributed by atoms with Crippen LogP contribution in [0.3, 0.4) is 0 Å². The molecule has 0 aromatic heterocycles. The van der Waals surface area contributed by atoms with Crippen molar-refractivity contribution in [2.24, 2.45) is 0 Å². The first-order valence-corrected chi connectivity index (χ1v) is 11.5. The summed E-state index contributed by atoms with van der Waals surface area (Å²) in [7, 11) is 0. The standard InChI is InChI=1S/C26H26N2O10/c1-13(29)35-21-7-5-17(11-23(21)37-15(3)31)9-19-25(33)28-20(26(34)27-19)10-18-6-8-22(36-14(2)30)24(12-18)38-16(4)32/h5-8,11-12,19-20H,9-10H2,1-4H3,(H,27,34)(H,28,33). The second-order valence-corrected chi connectivity index (χ2v) is 8.47. The van der Waals surface area contributed by atoms with Gasteiger partial charge in [0.15, 0.2) is 23.0 Å². The molecule has 2 atom stereocenters. The van der Waals surface area contributed by atoms with E-state index < -0.39 is 47.8 Å². The summed E-state index contributed by atoms with van der Waals surface area (Å²) in [4.78, 5) is 71.1. The van der Waals surface area contributed by atoms with E-state index in [-0.39, 0.29) is 35.8 Å². The Kier molecular flexibility index (Phi) is 8.79. The van der Waals surface area contributed by atoms with E-state index in [2.05, 4.69) is 10.6 Å². The molecule has 200 valence electrons. The molecule has 12 nitrogen and oxygen atoms in total. The van der Waals surface area contributed by atoms with Crippen molar-refractivity contribution in [2.45, 2.75) is 52.6 Å². The minimum atomic E-state index is -0.911. The van der Waals surface area contributed by atoms with E-state index >= 15 is 0 Å². The van der Waals surface area contributed by atoms with Crippen molar-refractivity contribution >= 4 is 35.7 Å². The van der Waals surface area contributed by atoms with Crippen LogP contribution < -0.4 is 29.6 Å². The molecule has 2 aromatic rings. The van der Waals surface area contributed by atoms with Crippen LogP contribution in [0.5, 0.6) is 23.0 Å². The van der Waals surface area contributed by atoms with Crippen molar-refractivity contribution in [3.63, 3.8) is 0 Å². The maximum Gasteiger partial charge on any atom is 0.308 e. The number of benzene rings is 2. The lowest BCUT2D eigenvalue weighted by atomic mass is 9.98. The molecule has 12 heteroatoms. The third-order valence-corrected chi connectivity index (χ3v) is 5.18. The van der Waals surface area contributed by atoms with Gasteiger partial charge in [-0.2, -0.15) is 0 Å². The molecular weight excluding hydrogens is 500 g/mol. The number of nitrogens with one attached hydrogen (secondary N) is 2. The van der Waals surface area contributed by atoms with Gasteiger partial charge in [-0.25, -0.2) is 0 Å². The third-order valence-electron chi connectivity index (χ3n) is 5.18. The Morgan fingerprint density at radius 3 is 1.21 bits per heavy atom. The average molecular weight is 526 g/mol. The monoisotopic (exact) mass is 526 g/mol. The molecule has 38 heavy (non-hydrogen) atoms. The number of carbonyl (C=O) groups is 6. The molecule has 2 N–H and O–H groups in total. The van der Waals surface area contributed by atoms with E-state index in [0.717, 1.165) is 0 Å². The van der Waals surface area contributed by atoms with Crippen molar-refractivity contribution in [3.05, 3.63) is 47.5 Å². The molecule has 1 fully saturated rings. The SMILES string of the molecule is CC(=O)Oc1ccc(CC2NC(=O)C(Cc3ccc(OC(C)=O)c(OC(C)=O)c3)NC2=O)cc1OC(C)=O. The molecule has 1 heterocycles. The van der Waals surface area contributed by atoms with Crippen molar-refractivity contribution in [1.29, 1.82) is 0 Å². The molecule has 0 spiro atoms. The molecule has 2 aromatic carbocycles. The Morgan fingerprint density at radius 2 is 0.895 bits per heavy atom. The number of hydrogen-bond acceptors (Lipinski definition) is 10. The van der Waals surface area contributed by atoms with Crippen molar-refractivity contribution < 1.29 is 47.7 Å². The summed E-state index contributed by atoms with van der Waals surface area (Å²) in [6.45, 7) is 4.79. The number of piperazine rings is 1. The Bertz CT molecular complexity index is 1200. The molecule has 3 rings (SSSR count). The highest BCUT2D eigenvalue weighted by Gasteiger charge is 2.34. The van der Waals surface area contributed by atoms with Crippen molar-refractivity contribution in [3.8, 4) is 23.0 Å². The van der Waals surface area contributed by atoms with Gasteiger partial charge in [0.05, 0.1) is 0 Å². The molecular formula is C26H26N2O10. The molecule has 0 aliphatic carbocycles. The van der Waals surface area contributed by atoms with Crippen LogP contribution in [-0.2, 0) is 41.6 Å². The summed E-state index contributed by atoms with van der Waals surface area (Å²) in [5.41, 5.74) is 1.09. The Balaban J connectivity index is 1.72. The van der Waals surface area contributed by atoms with Gasteiger partial charge in [-0.15, -0.1) is 0 Å². The third kappa shape index (κ3) is 7.63. The van der Waals surface area contributed by atoms with E-state index in [1.807, 2.05) is 0 Å². The number of rotatable bonds is 8. The summed E-state index contributed by atoms with van der Waals surface area (Å²) in [5.74, 6) is -3.23. The number of amides is 2. The van der Waals surface area contributed by atoms with Gasteiger partial charge >= 0.3 is 23.9 Å². The van der Waals surface area contributed by atoms with Crippen LogP contribution in [0.15, 0.2) is 36.4 Å². The summed E-state index contributed by atoms with van der Waals surface area (Å²) in [6, 6.07) is 7.11. The highest BCUT2D eigenvalue weighted by Crippen LogP contribution is 2.31. The zero-order valence-electron chi connectivity index (χ0n) is 21.1. The molecule has 0 saturated carbocycles. The fourth-order valence-electron chi connectivity index (χ4n) is 3.74. The molecule has 2 unspecified atom stereocenters. The van der Waals surface area contributed by atoms with Crippen LogP contribution in [0.1, 0.15) is 38.8 Å². The molecule has 1 aliphatic rings. The summed E-state index contributed by atoms with van der Waals surface area (Å²) < 4.78 is 20.3. The van der Waals surface area contributed by atoms with Crippen LogP contribution in [0.2, 0.25) is 0 Å². The van der Waals surface area contributed by atoms with Gasteiger partial charge < -0.3 is 29.6 Å². The first-order chi connectivity index (χ1) is 17.9. The lowest BCUT2D eigenvalue weighted by Crippen LogP contribution is -2.62. The summed E-state index contributed by atoms with van der Waals surface area (Å²) >= 11 is 0. The van der Waals surface area contributed by atoms with Gasteiger partial charge in [-0.1, -0.05) is 12.1 Å². The van der Waals surface area contributed by atoms with Crippen LogP contribution in [0, 0.1) is 0 Å². The number of hydrogen-bond donors (Lipinski definition) is 2. The van der Waals surface area contributed by atoms with E-state index in [1.54, 1.807) is 12.1 Å².